The highest BCUT2D eigenvalue weighted by Crippen LogP contribution is 2.22. The molecule has 1 saturated heterocycles. The summed E-state index contributed by atoms with van der Waals surface area (Å²) in [6, 6.07) is 7.95. The van der Waals surface area contributed by atoms with Gasteiger partial charge in [-0.05, 0) is 58.0 Å². The van der Waals surface area contributed by atoms with Gasteiger partial charge in [0.2, 0.25) is 0 Å². The van der Waals surface area contributed by atoms with Gasteiger partial charge in [0.25, 0.3) is 5.91 Å². The average Bonchev–Trinajstić information content (AvgIpc) is 3.16. The second kappa shape index (κ2) is 9.95. The van der Waals surface area contributed by atoms with Crippen LogP contribution in [0.1, 0.15) is 33.9 Å². The van der Waals surface area contributed by atoms with E-state index >= 15 is 0 Å². The number of pyridine rings is 1. The largest absolute Gasteiger partial charge is 0.342 e. The Balaban J connectivity index is 0.00000169. The Kier molecular flexibility index (Phi) is 8.60. The Bertz CT molecular complexity index is 718. The third kappa shape index (κ3) is 4.78. The molecule has 2 aromatic rings. The van der Waals surface area contributed by atoms with Crippen molar-refractivity contribution in [3.05, 3.63) is 53.1 Å². The summed E-state index contributed by atoms with van der Waals surface area (Å²) >= 11 is 0. The molecule has 1 aliphatic rings. The molecule has 26 heavy (non-hydrogen) atoms. The van der Waals surface area contributed by atoms with E-state index in [1.54, 1.807) is 0 Å². The van der Waals surface area contributed by atoms with Crippen molar-refractivity contribution in [3.63, 3.8) is 0 Å². The molecule has 0 aliphatic carbocycles. The first-order valence-corrected chi connectivity index (χ1v) is 8.60. The van der Waals surface area contributed by atoms with Gasteiger partial charge >= 0.3 is 0 Å². The van der Waals surface area contributed by atoms with Crippen LogP contribution >= 0.6 is 24.8 Å². The zero-order valence-corrected chi connectivity index (χ0v) is 17.2. The van der Waals surface area contributed by atoms with Crippen LogP contribution in [-0.4, -0.2) is 47.0 Å². The molecule has 1 N–H and O–H groups in total. The van der Waals surface area contributed by atoms with Crippen molar-refractivity contribution in [3.8, 4) is 0 Å². The van der Waals surface area contributed by atoms with E-state index in [0.29, 0.717) is 12.5 Å². The van der Waals surface area contributed by atoms with E-state index in [1.165, 1.54) is 0 Å². The van der Waals surface area contributed by atoms with Gasteiger partial charge in [0.15, 0.2) is 0 Å². The summed E-state index contributed by atoms with van der Waals surface area (Å²) < 4.78 is 2.18. The minimum atomic E-state index is 0. The van der Waals surface area contributed by atoms with Gasteiger partial charge in [-0.1, -0.05) is 6.07 Å². The van der Waals surface area contributed by atoms with Gasteiger partial charge in [-0.3, -0.25) is 9.78 Å². The zero-order valence-electron chi connectivity index (χ0n) is 15.6. The number of amides is 1. The highest BCUT2D eigenvalue weighted by Gasteiger charge is 2.28. The van der Waals surface area contributed by atoms with E-state index in [1.807, 2.05) is 49.3 Å². The number of carbonyl (C=O) groups excluding carboxylic acids is 1. The number of carbonyl (C=O) groups is 1. The molecule has 5 nitrogen and oxygen atoms in total. The van der Waals surface area contributed by atoms with Crippen molar-refractivity contribution in [2.24, 2.45) is 5.92 Å². The quantitative estimate of drug-likeness (QED) is 0.841. The molecule has 1 amide bonds. The minimum absolute atomic E-state index is 0. The molecule has 0 bridgehead atoms. The van der Waals surface area contributed by atoms with Crippen LogP contribution in [-0.2, 0) is 6.54 Å². The first kappa shape index (κ1) is 22.5. The molecule has 0 saturated carbocycles. The molecule has 1 atom stereocenters. The standard InChI is InChI=1S/C19H26N4O.2ClH/c1-14-10-18(19(24)22-9-7-16(12-22)11-20-3)15(2)23(14)13-17-6-4-5-8-21-17;;/h4-6,8,10,16,20H,7,9,11-13H2,1-3H3;2*1H. The molecule has 2 aromatic heterocycles. The first-order valence-electron chi connectivity index (χ1n) is 8.60. The average molecular weight is 399 g/mol. The number of nitrogens with zero attached hydrogens (tertiary/aromatic N) is 3. The van der Waals surface area contributed by atoms with Crippen LogP contribution in [0, 0.1) is 19.8 Å². The van der Waals surface area contributed by atoms with Gasteiger partial charge in [0.1, 0.15) is 0 Å². The van der Waals surface area contributed by atoms with Crippen LogP contribution in [0.4, 0.5) is 0 Å². The lowest BCUT2D eigenvalue weighted by Crippen LogP contribution is -2.30. The Morgan fingerprint density at radius 2 is 2.08 bits per heavy atom. The van der Waals surface area contributed by atoms with Gasteiger partial charge in [-0.15, -0.1) is 24.8 Å². The lowest BCUT2D eigenvalue weighted by Gasteiger charge is -2.17. The van der Waals surface area contributed by atoms with Gasteiger partial charge in [0, 0.05) is 30.7 Å². The Morgan fingerprint density at radius 3 is 2.73 bits per heavy atom. The maximum absolute atomic E-state index is 12.9. The summed E-state index contributed by atoms with van der Waals surface area (Å²) in [5, 5.41) is 3.21. The third-order valence-corrected chi connectivity index (χ3v) is 4.92. The maximum Gasteiger partial charge on any atom is 0.255 e. The van der Waals surface area contributed by atoms with Crippen molar-refractivity contribution >= 4 is 30.7 Å². The highest BCUT2D eigenvalue weighted by molar-refractivity contribution is 5.96. The summed E-state index contributed by atoms with van der Waals surface area (Å²) in [5.41, 5.74) is 3.97. The fourth-order valence-corrected chi connectivity index (χ4v) is 3.56. The van der Waals surface area contributed by atoms with Crippen molar-refractivity contribution in [1.29, 1.82) is 0 Å². The number of nitrogens with one attached hydrogen (secondary N) is 1. The molecule has 1 unspecified atom stereocenters. The highest BCUT2D eigenvalue weighted by atomic mass is 35.5. The van der Waals surface area contributed by atoms with E-state index < -0.39 is 0 Å². The molecule has 7 heteroatoms. The molecule has 3 heterocycles. The summed E-state index contributed by atoms with van der Waals surface area (Å²) in [4.78, 5) is 19.3. The number of hydrogen-bond donors (Lipinski definition) is 1. The van der Waals surface area contributed by atoms with Gasteiger partial charge < -0.3 is 14.8 Å². The number of rotatable bonds is 5. The van der Waals surface area contributed by atoms with Crippen LogP contribution in [0.2, 0.25) is 0 Å². The normalized spacial score (nSPS) is 16.1. The minimum Gasteiger partial charge on any atom is -0.342 e. The summed E-state index contributed by atoms with van der Waals surface area (Å²) in [5.74, 6) is 0.727. The predicted octanol–water partition coefficient (Wildman–Crippen LogP) is 3.07. The number of aromatic nitrogens is 2. The van der Waals surface area contributed by atoms with Crippen molar-refractivity contribution in [2.75, 3.05) is 26.7 Å². The molecular weight excluding hydrogens is 371 g/mol. The van der Waals surface area contributed by atoms with E-state index in [4.69, 9.17) is 0 Å². The van der Waals surface area contributed by atoms with Crippen LogP contribution < -0.4 is 5.32 Å². The Morgan fingerprint density at radius 1 is 1.31 bits per heavy atom. The van der Waals surface area contributed by atoms with E-state index in [9.17, 15) is 4.79 Å². The SMILES string of the molecule is CNCC1CCN(C(=O)c2cc(C)n(Cc3ccccn3)c2C)C1.Cl.Cl. The van der Waals surface area contributed by atoms with Crippen LogP contribution in [0.3, 0.4) is 0 Å². The van der Waals surface area contributed by atoms with Crippen molar-refractivity contribution in [2.45, 2.75) is 26.8 Å². The monoisotopic (exact) mass is 398 g/mol. The smallest absolute Gasteiger partial charge is 0.255 e. The Labute approximate surface area is 168 Å². The molecule has 144 valence electrons. The third-order valence-electron chi connectivity index (χ3n) is 4.92. The second-order valence-electron chi connectivity index (χ2n) is 6.66. The summed E-state index contributed by atoms with van der Waals surface area (Å²) in [7, 11) is 1.97. The fraction of sp³-hybridized carbons (Fsp3) is 0.474. The molecule has 0 aromatic carbocycles. The second-order valence-corrected chi connectivity index (χ2v) is 6.66. The van der Waals surface area contributed by atoms with Crippen molar-refractivity contribution < 1.29 is 4.79 Å². The number of hydrogen-bond acceptors (Lipinski definition) is 3. The fourth-order valence-electron chi connectivity index (χ4n) is 3.56. The van der Waals surface area contributed by atoms with Crippen LogP contribution in [0.5, 0.6) is 0 Å². The topological polar surface area (TPSA) is 50.2 Å². The lowest BCUT2D eigenvalue weighted by atomic mass is 10.1. The summed E-state index contributed by atoms with van der Waals surface area (Å²) in [6.45, 7) is 7.47. The van der Waals surface area contributed by atoms with Gasteiger partial charge in [-0.25, -0.2) is 0 Å². The van der Waals surface area contributed by atoms with Crippen LogP contribution in [0.25, 0.3) is 0 Å². The molecule has 0 radical (unpaired) electrons. The maximum atomic E-state index is 12.9. The molecular formula is C19H28Cl2N4O. The number of aryl methyl sites for hydroxylation is 1. The van der Waals surface area contributed by atoms with Crippen LogP contribution in [0.15, 0.2) is 30.5 Å². The Hall–Kier alpha value is -1.56. The number of halogens is 2. The van der Waals surface area contributed by atoms with Crippen molar-refractivity contribution in [1.82, 2.24) is 19.8 Å². The molecule has 0 spiro atoms. The van der Waals surface area contributed by atoms with E-state index in [2.05, 4.69) is 21.8 Å². The molecule has 1 aliphatic heterocycles. The molecule has 1 fully saturated rings. The molecule has 3 rings (SSSR count). The first-order chi connectivity index (χ1) is 11.6. The van der Waals surface area contributed by atoms with Gasteiger partial charge in [-0.2, -0.15) is 0 Å². The summed E-state index contributed by atoms with van der Waals surface area (Å²) in [6.07, 6.45) is 2.89. The number of likely N-dealkylation sites (tertiary alicyclic amines) is 1. The van der Waals surface area contributed by atoms with Gasteiger partial charge in [0.05, 0.1) is 17.8 Å². The van der Waals surface area contributed by atoms with E-state index in [-0.39, 0.29) is 30.7 Å². The van der Waals surface area contributed by atoms with E-state index in [0.717, 1.165) is 48.7 Å². The predicted molar refractivity (Wildman–Crippen MR) is 110 cm³/mol. The zero-order chi connectivity index (χ0) is 17.1. The lowest BCUT2D eigenvalue weighted by molar-refractivity contribution is 0.0786.